The van der Waals surface area contributed by atoms with E-state index < -0.39 is 0 Å². The van der Waals surface area contributed by atoms with Gasteiger partial charge >= 0.3 is 0 Å². The lowest BCUT2D eigenvalue weighted by atomic mass is 9.72. The van der Waals surface area contributed by atoms with Crippen molar-refractivity contribution in [2.24, 2.45) is 5.92 Å². The van der Waals surface area contributed by atoms with E-state index in [0.29, 0.717) is 11.8 Å². The van der Waals surface area contributed by atoms with Crippen molar-refractivity contribution < 1.29 is 0 Å². The van der Waals surface area contributed by atoms with Crippen LogP contribution >= 0.6 is 0 Å². The smallest absolute Gasteiger partial charge is 0.00939 e. The van der Waals surface area contributed by atoms with Gasteiger partial charge < -0.3 is 0 Å². The van der Waals surface area contributed by atoms with Crippen LogP contribution < -0.4 is 0 Å². The molecule has 98 valence electrons. The predicted octanol–water partition coefficient (Wildman–Crippen LogP) is 5.69. The fraction of sp³-hybridized carbons (Fsp3) is 0.263. The Labute approximate surface area is 116 Å². The molecule has 2 unspecified atom stereocenters. The normalized spacial score (nSPS) is 22.4. The molecule has 0 radical (unpaired) electrons. The van der Waals surface area contributed by atoms with Crippen LogP contribution in [0.3, 0.4) is 0 Å². The van der Waals surface area contributed by atoms with Crippen LogP contribution in [0.15, 0.2) is 43.5 Å². The fourth-order valence-corrected chi connectivity index (χ4v) is 2.90. The third kappa shape index (κ3) is 2.12. The Kier molecular flexibility index (Phi) is 3.90. The molecule has 0 heteroatoms. The van der Waals surface area contributed by atoms with Crippen molar-refractivity contribution >= 4 is 17.7 Å². The van der Waals surface area contributed by atoms with E-state index in [1.807, 2.05) is 19.9 Å². The lowest BCUT2D eigenvalue weighted by Gasteiger charge is -2.31. The van der Waals surface area contributed by atoms with Crippen molar-refractivity contribution in [2.75, 3.05) is 0 Å². The zero-order chi connectivity index (χ0) is 14.0. The highest BCUT2D eigenvalue weighted by atomic mass is 14.3. The zero-order valence-electron chi connectivity index (χ0n) is 12.1. The van der Waals surface area contributed by atoms with E-state index in [0.717, 1.165) is 5.57 Å². The third-order valence-corrected chi connectivity index (χ3v) is 3.84. The molecule has 19 heavy (non-hydrogen) atoms. The Bertz CT molecular complexity index is 570. The van der Waals surface area contributed by atoms with E-state index in [9.17, 15) is 0 Å². The SMILES string of the molecule is C=Cc1ccc2c3c1C(=C)C=CC3C(C)C=C2.CC. The Balaban J connectivity index is 0.000000637. The van der Waals surface area contributed by atoms with Crippen LogP contribution in [0.1, 0.15) is 48.9 Å². The molecular weight excluding hydrogens is 228 g/mol. The molecule has 0 N–H and O–H groups in total. The minimum absolute atomic E-state index is 0.496. The lowest BCUT2D eigenvalue weighted by Crippen LogP contribution is -2.16. The molecule has 0 amide bonds. The molecule has 0 fully saturated rings. The second-order valence-corrected chi connectivity index (χ2v) is 4.87. The minimum Gasteiger partial charge on any atom is -0.0984 e. The van der Waals surface area contributed by atoms with Gasteiger partial charge in [0.15, 0.2) is 0 Å². The summed E-state index contributed by atoms with van der Waals surface area (Å²) in [6.45, 7) is 14.3. The van der Waals surface area contributed by atoms with Crippen molar-refractivity contribution in [2.45, 2.75) is 26.7 Å². The van der Waals surface area contributed by atoms with Crippen LogP contribution in [0.4, 0.5) is 0 Å². The first-order valence-corrected chi connectivity index (χ1v) is 7.07. The summed E-state index contributed by atoms with van der Waals surface area (Å²) in [7, 11) is 0. The standard InChI is InChI=1S/C17H16.C2H6/c1-4-13-8-9-14-7-5-11(2)15-10-6-12(3)16(13)17(14)15;1-2/h4-11,15H,1,3H2,2H3;1-2H3. The maximum atomic E-state index is 4.16. The molecule has 1 aromatic carbocycles. The summed E-state index contributed by atoms with van der Waals surface area (Å²) in [6.07, 6.45) is 10.9. The Morgan fingerprint density at radius 1 is 1.11 bits per heavy atom. The van der Waals surface area contributed by atoms with Gasteiger partial charge in [0, 0.05) is 5.92 Å². The average molecular weight is 250 g/mol. The molecular formula is C19H22. The van der Waals surface area contributed by atoms with Gasteiger partial charge in [-0.1, -0.05) is 76.4 Å². The molecule has 2 aliphatic rings. The molecule has 0 aliphatic heterocycles. The third-order valence-electron chi connectivity index (χ3n) is 3.84. The summed E-state index contributed by atoms with van der Waals surface area (Å²) >= 11 is 0. The Morgan fingerprint density at radius 2 is 1.84 bits per heavy atom. The van der Waals surface area contributed by atoms with E-state index in [1.54, 1.807) is 0 Å². The first-order valence-electron chi connectivity index (χ1n) is 7.07. The fourth-order valence-electron chi connectivity index (χ4n) is 2.90. The van der Waals surface area contributed by atoms with Crippen LogP contribution in [-0.2, 0) is 0 Å². The molecule has 0 saturated heterocycles. The quantitative estimate of drug-likeness (QED) is 0.601. The molecule has 0 bridgehead atoms. The van der Waals surface area contributed by atoms with Crippen molar-refractivity contribution in [3.05, 3.63) is 65.8 Å². The molecule has 0 aromatic heterocycles. The molecule has 1 aromatic rings. The van der Waals surface area contributed by atoms with Gasteiger partial charge in [0.2, 0.25) is 0 Å². The van der Waals surface area contributed by atoms with Gasteiger partial charge in [0.05, 0.1) is 0 Å². The van der Waals surface area contributed by atoms with Crippen LogP contribution in [0.5, 0.6) is 0 Å². The van der Waals surface area contributed by atoms with E-state index in [-0.39, 0.29) is 0 Å². The average Bonchev–Trinajstić information content (AvgIpc) is 2.46. The largest absolute Gasteiger partial charge is 0.0984 e. The van der Waals surface area contributed by atoms with Crippen molar-refractivity contribution in [1.82, 2.24) is 0 Å². The van der Waals surface area contributed by atoms with Crippen LogP contribution in [-0.4, -0.2) is 0 Å². The summed E-state index contributed by atoms with van der Waals surface area (Å²) in [5, 5.41) is 0. The second-order valence-electron chi connectivity index (χ2n) is 4.87. The molecule has 0 saturated carbocycles. The molecule has 0 spiro atoms. The highest BCUT2D eigenvalue weighted by Gasteiger charge is 2.27. The highest BCUT2D eigenvalue weighted by molar-refractivity contribution is 5.86. The van der Waals surface area contributed by atoms with Gasteiger partial charge in [-0.3, -0.25) is 0 Å². The van der Waals surface area contributed by atoms with Gasteiger partial charge in [-0.05, 0) is 33.7 Å². The van der Waals surface area contributed by atoms with E-state index in [2.05, 4.69) is 56.5 Å². The number of benzene rings is 1. The molecule has 0 nitrogen and oxygen atoms in total. The Hall–Kier alpha value is -1.82. The Morgan fingerprint density at radius 3 is 2.53 bits per heavy atom. The number of allylic oxidation sites excluding steroid dienone is 4. The van der Waals surface area contributed by atoms with E-state index >= 15 is 0 Å². The van der Waals surface area contributed by atoms with E-state index in [4.69, 9.17) is 0 Å². The maximum Gasteiger partial charge on any atom is 0.00939 e. The van der Waals surface area contributed by atoms with Gasteiger partial charge in [0.1, 0.15) is 0 Å². The topological polar surface area (TPSA) is 0 Å². The molecule has 3 rings (SSSR count). The number of hydrogen-bond donors (Lipinski definition) is 0. The highest BCUT2D eigenvalue weighted by Crippen LogP contribution is 2.44. The van der Waals surface area contributed by atoms with Crippen molar-refractivity contribution in [3.8, 4) is 0 Å². The maximum absolute atomic E-state index is 4.16. The van der Waals surface area contributed by atoms with Crippen molar-refractivity contribution in [1.29, 1.82) is 0 Å². The predicted molar refractivity (Wildman–Crippen MR) is 87.0 cm³/mol. The first kappa shape index (κ1) is 13.6. The van der Waals surface area contributed by atoms with Crippen LogP contribution in [0.2, 0.25) is 0 Å². The summed E-state index contributed by atoms with van der Waals surface area (Å²) in [5.74, 6) is 1.06. The summed E-state index contributed by atoms with van der Waals surface area (Å²) in [6, 6.07) is 4.33. The number of rotatable bonds is 1. The first-order chi connectivity index (χ1) is 9.22. The summed E-state index contributed by atoms with van der Waals surface area (Å²) < 4.78 is 0. The molecule has 0 heterocycles. The lowest BCUT2D eigenvalue weighted by molar-refractivity contribution is 0.632. The number of hydrogen-bond acceptors (Lipinski definition) is 0. The van der Waals surface area contributed by atoms with Gasteiger partial charge in [-0.15, -0.1) is 0 Å². The van der Waals surface area contributed by atoms with Gasteiger partial charge in [-0.2, -0.15) is 0 Å². The van der Waals surface area contributed by atoms with E-state index in [1.165, 1.54) is 22.3 Å². The molecule has 2 aliphatic carbocycles. The van der Waals surface area contributed by atoms with Crippen LogP contribution in [0, 0.1) is 5.92 Å². The second kappa shape index (κ2) is 5.44. The van der Waals surface area contributed by atoms with Gasteiger partial charge in [-0.25, -0.2) is 0 Å². The minimum atomic E-state index is 0.496. The van der Waals surface area contributed by atoms with Crippen LogP contribution in [0.25, 0.3) is 17.7 Å². The van der Waals surface area contributed by atoms with Crippen molar-refractivity contribution in [3.63, 3.8) is 0 Å². The summed E-state index contributed by atoms with van der Waals surface area (Å²) in [5.41, 5.74) is 6.37. The summed E-state index contributed by atoms with van der Waals surface area (Å²) in [4.78, 5) is 0. The van der Waals surface area contributed by atoms with Gasteiger partial charge in [0.25, 0.3) is 0 Å². The molecule has 2 atom stereocenters. The zero-order valence-corrected chi connectivity index (χ0v) is 12.1. The monoisotopic (exact) mass is 250 g/mol.